The standard InChI is InChI=1S/C13H17BrN2OS/c1-4-9-12(14)10(16(3)15-9)7-11(17)13-8(2)5-6-18-13/h5-6,11,17H,4,7H2,1-3H3. The lowest BCUT2D eigenvalue weighted by molar-refractivity contribution is 0.179. The Bertz CT molecular complexity index is 547. The van der Waals surface area contributed by atoms with Crippen molar-refractivity contribution in [2.45, 2.75) is 32.8 Å². The molecule has 0 radical (unpaired) electrons. The van der Waals surface area contributed by atoms with Crippen molar-refractivity contribution >= 4 is 27.3 Å². The first-order valence-electron chi connectivity index (χ1n) is 5.96. The van der Waals surface area contributed by atoms with Crippen molar-refractivity contribution in [3.63, 3.8) is 0 Å². The Kier molecular flexibility index (Phi) is 4.25. The number of aromatic nitrogens is 2. The van der Waals surface area contributed by atoms with Gasteiger partial charge in [-0.1, -0.05) is 6.92 Å². The molecule has 5 heteroatoms. The third-order valence-electron chi connectivity index (χ3n) is 3.09. The summed E-state index contributed by atoms with van der Waals surface area (Å²) in [6.45, 7) is 4.11. The van der Waals surface area contributed by atoms with E-state index in [1.54, 1.807) is 11.3 Å². The average Bonchev–Trinajstić information content (AvgIpc) is 2.87. The van der Waals surface area contributed by atoms with Gasteiger partial charge in [-0.2, -0.15) is 5.10 Å². The molecule has 0 spiro atoms. The molecule has 18 heavy (non-hydrogen) atoms. The van der Waals surface area contributed by atoms with Crippen molar-refractivity contribution in [1.82, 2.24) is 9.78 Å². The summed E-state index contributed by atoms with van der Waals surface area (Å²) in [5, 5.41) is 16.8. The van der Waals surface area contributed by atoms with Gasteiger partial charge in [0, 0.05) is 18.3 Å². The highest BCUT2D eigenvalue weighted by Gasteiger charge is 2.19. The zero-order valence-electron chi connectivity index (χ0n) is 10.8. The van der Waals surface area contributed by atoms with Gasteiger partial charge in [-0.15, -0.1) is 11.3 Å². The summed E-state index contributed by atoms with van der Waals surface area (Å²) in [4.78, 5) is 1.04. The molecule has 1 atom stereocenters. The van der Waals surface area contributed by atoms with Crippen molar-refractivity contribution in [3.05, 3.63) is 37.7 Å². The molecule has 1 unspecified atom stereocenters. The molecule has 2 rings (SSSR count). The number of aliphatic hydroxyl groups excluding tert-OH is 1. The maximum atomic E-state index is 10.3. The Morgan fingerprint density at radius 3 is 2.78 bits per heavy atom. The zero-order chi connectivity index (χ0) is 13.3. The monoisotopic (exact) mass is 328 g/mol. The van der Waals surface area contributed by atoms with Crippen molar-refractivity contribution in [2.75, 3.05) is 0 Å². The van der Waals surface area contributed by atoms with Crippen LogP contribution in [-0.2, 0) is 19.9 Å². The lowest BCUT2D eigenvalue weighted by Crippen LogP contribution is -2.06. The first kappa shape index (κ1) is 13.8. The normalized spacial score (nSPS) is 12.9. The second kappa shape index (κ2) is 5.55. The lowest BCUT2D eigenvalue weighted by Gasteiger charge is -2.10. The van der Waals surface area contributed by atoms with E-state index < -0.39 is 6.10 Å². The van der Waals surface area contributed by atoms with E-state index in [1.807, 2.05) is 30.1 Å². The van der Waals surface area contributed by atoms with E-state index in [0.717, 1.165) is 32.7 Å². The molecule has 0 saturated heterocycles. The number of nitrogens with zero attached hydrogens (tertiary/aromatic N) is 2. The summed E-state index contributed by atoms with van der Waals surface area (Å²) in [6, 6.07) is 2.04. The van der Waals surface area contributed by atoms with E-state index in [9.17, 15) is 5.11 Å². The number of thiophene rings is 1. The van der Waals surface area contributed by atoms with Crippen LogP contribution in [0.4, 0.5) is 0 Å². The minimum absolute atomic E-state index is 0.457. The first-order chi connectivity index (χ1) is 8.54. The van der Waals surface area contributed by atoms with Crippen LogP contribution >= 0.6 is 27.3 Å². The van der Waals surface area contributed by atoms with E-state index in [-0.39, 0.29) is 0 Å². The van der Waals surface area contributed by atoms with Gasteiger partial charge in [-0.25, -0.2) is 0 Å². The quantitative estimate of drug-likeness (QED) is 0.934. The number of aliphatic hydroxyl groups is 1. The lowest BCUT2D eigenvalue weighted by atomic mass is 10.1. The van der Waals surface area contributed by atoms with Crippen LogP contribution in [0.3, 0.4) is 0 Å². The molecule has 98 valence electrons. The van der Waals surface area contributed by atoms with Crippen LogP contribution in [0, 0.1) is 6.92 Å². The van der Waals surface area contributed by atoms with Crippen molar-refractivity contribution in [1.29, 1.82) is 0 Å². The summed E-state index contributed by atoms with van der Waals surface area (Å²) in [5.41, 5.74) is 3.25. The smallest absolute Gasteiger partial charge is 0.0940 e. The molecule has 2 aromatic rings. The second-order valence-electron chi connectivity index (χ2n) is 4.37. The second-order valence-corrected chi connectivity index (χ2v) is 6.11. The van der Waals surface area contributed by atoms with Gasteiger partial charge in [-0.3, -0.25) is 4.68 Å². The van der Waals surface area contributed by atoms with Crippen LogP contribution in [0.25, 0.3) is 0 Å². The van der Waals surface area contributed by atoms with Crippen molar-refractivity contribution in [3.8, 4) is 0 Å². The van der Waals surface area contributed by atoms with Gasteiger partial charge in [0.15, 0.2) is 0 Å². The van der Waals surface area contributed by atoms with Gasteiger partial charge in [-0.05, 0) is 46.3 Å². The maximum absolute atomic E-state index is 10.3. The highest BCUT2D eigenvalue weighted by Crippen LogP contribution is 2.30. The van der Waals surface area contributed by atoms with Gasteiger partial charge < -0.3 is 5.11 Å². The van der Waals surface area contributed by atoms with Crippen LogP contribution in [-0.4, -0.2) is 14.9 Å². The molecule has 2 aromatic heterocycles. The number of rotatable bonds is 4. The fraction of sp³-hybridized carbons (Fsp3) is 0.462. The van der Waals surface area contributed by atoms with E-state index in [0.29, 0.717) is 6.42 Å². The third-order valence-corrected chi connectivity index (χ3v) is 5.13. The van der Waals surface area contributed by atoms with E-state index in [2.05, 4.69) is 28.0 Å². The Hall–Kier alpha value is -0.650. The van der Waals surface area contributed by atoms with Crippen LogP contribution in [0.1, 0.15) is 34.9 Å². The number of hydrogen-bond donors (Lipinski definition) is 1. The van der Waals surface area contributed by atoms with E-state index in [4.69, 9.17) is 0 Å². The molecule has 0 amide bonds. The van der Waals surface area contributed by atoms with Gasteiger partial charge in [0.2, 0.25) is 0 Å². The van der Waals surface area contributed by atoms with Crippen LogP contribution in [0.15, 0.2) is 15.9 Å². The summed E-state index contributed by atoms with van der Waals surface area (Å²) >= 11 is 5.19. The molecule has 0 aromatic carbocycles. The SMILES string of the molecule is CCc1nn(C)c(CC(O)c2sccc2C)c1Br. The third kappa shape index (κ3) is 2.53. The Morgan fingerprint density at radius 2 is 2.28 bits per heavy atom. The number of halogens is 1. The molecule has 0 aliphatic carbocycles. The molecule has 0 fully saturated rings. The molecule has 3 nitrogen and oxygen atoms in total. The van der Waals surface area contributed by atoms with Gasteiger partial charge >= 0.3 is 0 Å². The van der Waals surface area contributed by atoms with Crippen LogP contribution in [0.2, 0.25) is 0 Å². The van der Waals surface area contributed by atoms with Gasteiger partial charge in [0.05, 0.1) is 22.0 Å². The van der Waals surface area contributed by atoms with E-state index in [1.165, 1.54) is 0 Å². The first-order valence-corrected chi connectivity index (χ1v) is 7.64. The minimum atomic E-state index is -0.457. The highest BCUT2D eigenvalue weighted by atomic mass is 79.9. The number of hydrogen-bond acceptors (Lipinski definition) is 3. The van der Waals surface area contributed by atoms with Crippen molar-refractivity contribution in [2.24, 2.45) is 7.05 Å². The molecule has 0 aliphatic heterocycles. The van der Waals surface area contributed by atoms with Crippen LogP contribution in [0.5, 0.6) is 0 Å². The van der Waals surface area contributed by atoms with Crippen molar-refractivity contribution < 1.29 is 5.11 Å². The predicted molar refractivity (Wildman–Crippen MR) is 78.0 cm³/mol. The topological polar surface area (TPSA) is 38.0 Å². The van der Waals surface area contributed by atoms with Gasteiger partial charge in [0.25, 0.3) is 0 Å². The Balaban J connectivity index is 2.24. The van der Waals surface area contributed by atoms with E-state index >= 15 is 0 Å². The largest absolute Gasteiger partial charge is 0.387 e. The van der Waals surface area contributed by atoms with Gasteiger partial charge in [0.1, 0.15) is 0 Å². The Labute approximate surface area is 120 Å². The molecular weight excluding hydrogens is 312 g/mol. The van der Waals surface area contributed by atoms with Crippen LogP contribution < -0.4 is 0 Å². The number of aryl methyl sites for hydroxylation is 3. The molecular formula is C13H17BrN2OS. The summed E-state index contributed by atoms with van der Waals surface area (Å²) < 4.78 is 2.88. The molecule has 1 N–H and O–H groups in total. The average molecular weight is 329 g/mol. The highest BCUT2D eigenvalue weighted by molar-refractivity contribution is 9.10. The summed E-state index contributed by atoms with van der Waals surface area (Å²) in [6.07, 6.45) is 1.02. The fourth-order valence-electron chi connectivity index (χ4n) is 2.04. The molecule has 0 aliphatic rings. The fourth-order valence-corrected chi connectivity index (χ4v) is 3.73. The molecule has 2 heterocycles. The molecule has 0 saturated carbocycles. The summed E-state index contributed by atoms with van der Waals surface area (Å²) in [7, 11) is 1.92. The summed E-state index contributed by atoms with van der Waals surface area (Å²) in [5.74, 6) is 0. The zero-order valence-corrected chi connectivity index (χ0v) is 13.2. The maximum Gasteiger partial charge on any atom is 0.0940 e. The molecule has 0 bridgehead atoms. The minimum Gasteiger partial charge on any atom is -0.387 e. The predicted octanol–water partition coefficient (Wildman–Crippen LogP) is 3.39. The Morgan fingerprint density at radius 1 is 1.56 bits per heavy atom.